The van der Waals surface area contributed by atoms with E-state index >= 15 is 0 Å². The second-order valence-electron chi connectivity index (χ2n) is 4.04. The van der Waals surface area contributed by atoms with Crippen molar-refractivity contribution in [3.05, 3.63) is 68.2 Å². The normalized spacial score (nSPS) is 10.7. The van der Waals surface area contributed by atoms with Crippen LogP contribution in [0.5, 0.6) is 5.75 Å². The lowest BCUT2D eigenvalue weighted by Crippen LogP contribution is -1.93. The molecule has 0 fully saturated rings. The number of rotatable bonds is 4. The van der Waals surface area contributed by atoms with Crippen LogP contribution in [0.25, 0.3) is 12.2 Å². The fourth-order valence-electron chi connectivity index (χ4n) is 1.74. The summed E-state index contributed by atoms with van der Waals surface area (Å²) in [6.07, 6.45) is 3.55. The van der Waals surface area contributed by atoms with Gasteiger partial charge in [-0.05, 0) is 29.8 Å². The van der Waals surface area contributed by atoms with E-state index in [9.17, 15) is 10.1 Å². The average Bonchev–Trinajstić information content (AvgIpc) is 2.46. The standard InChI is InChI=1S/C15H12BrNO3/c1-20-13-9-8-12(15(10-13)17(18)19)7-6-11-4-2-3-5-14(11)16/h2-10H,1H3. The molecule has 0 unspecified atom stereocenters. The molecular weight excluding hydrogens is 322 g/mol. The van der Waals surface area contributed by atoms with Gasteiger partial charge in [0, 0.05) is 4.47 Å². The summed E-state index contributed by atoms with van der Waals surface area (Å²) in [4.78, 5) is 10.7. The summed E-state index contributed by atoms with van der Waals surface area (Å²) in [6.45, 7) is 0. The number of benzene rings is 2. The molecule has 2 aromatic carbocycles. The van der Waals surface area contributed by atoms with E-state index in [-0.39, 0.29) is 5.69 Å². The van der Waals surface area contributed by atoms with Crippen LogP contribution in [0.4, 0.5) is 5.69 Å². The van der Waals surface area contributed by atoms with E-state index in [1.807, 2.05) is 30.3 Å². The molecule has 0 heterocycles. The highest BCUT2D eigenvalue weighted by molar-refractivity contribution is 9.10. The Morgan fingerprint density at radius 2 is 1.85 bits per heavy atom. The second-order valence-corrected chi connectivity index (χ2v) is 4.89. The Morgan fingerprint density at radius 3 is 2.50 bits per heavy atom. The second kappa shape index (κ2) is 6.34. The topological polar surface area (TPSA) is 52.4 Å². The number of hydrogen-bond acceptors (Lipinski definition) is 3. The van der Waals surface area contributed by atoms with Crippen molar-refractivity contribution in [2.24, 2.45) is 0 Å². The van der Waals surface area contributed by atoms with Crippen LogP contribution in [0.15, 0.2) is 46.9 Å². The van der Waals surface area contributed by atoms with Gasteiger partial charge in [-0.15, -0.1) is 0 Å². The van der Waals surface area contributed by atoms with Crippen molar-refractivity contribution in [2.75, 3.05) is 7.11 Å². The average molecular weight is 334 g/mol. The van der Waals surface area contributed by atoms with E-state index < -0.39 is 4.92 Å². The maximum absolute atomic E-state index is 11.1. The maximum atomic E-state index is 11.1. The highest BCUT2D eigenvalue weighted by Crippen LogP contribution is 2.27. The number of nitro groups is 1. The quantitative estimate of drug-likeness (QED) is 0.469. The van der Waals surface area contributed by atoms with Crippen molar-refractivity contribution in [3.8, 4) is 5.75 Å². The third-order valence-electron chi connectivity index (χ3n) is 2.78. The van der Waals surface area contributed by atoms with Crippen LogP contribution >= 0.6 is 15.9 Å². The van der Waals surface area contributed by atoms with Gasteiger partial charge in [-0.1, -0.05) is 40.2 Å². The summed E-state index contributed by atoms with van der Waals surface area (Å²) in [5.41, 5.74) is 1.51. The van der Waals surface area contributed by atoms with Gasteiger partial charge < -0.3 is 4.74 Å². The lowest BCUT2D eigenvalue weighted by molar-refractivity contribution is -0.385. The Morgan fingerprint density at radius 1 is 1.15 bits per heavy atom. The van der Waals surface area contributed by atoms with Crippen molar-refractivity contribution in [1.29, 1.82) is 0 Å². The zero-order chi connectivity index (χ0) is 14.5. The number of nitro benzene ring substituents is 1. The first-order valence-electron chi connectivity index (χ1n) is 5.87. The van der Waals surface area contributed by atoms with Gasteiger partial charge >= 0.3 is 0 Å². The molecule has 0 spiro atoms. The number of hydrogen-bond donors (Lipinski definition) is 0. The number of ether oxygens (including phenoxy) is 1. The molecule has 0 aliphatic heterocycles. The zero-order valence-corrected chi connectivity index (χ0v) is 12.3. The van der Waals surface area contributed by atoms with E-state index in [4.69, 9.17) is 4.74 Å². The van der Waals surface area contributed by atoms with Crippen LogP contribution in [-0.2, 0) is 0 Å². The van der Waals surface area contributed by atoms with E-state index in [0.29, 0.717) is 11.3 Å². The van der Waals surface area contributed by atoms with Crippen molar-refractivity contribution >= 4 is 33.8 Å². The van der Waals surface area contributed by atoms with Gasteiger partial charge in [0.1, 0.15) is 5.75 Å². The Hall–Kier alpha value is -2.14. The fourth-order valence-corrected chi connectivity index (χ4v) is 2.16. The number of methoxy groups -OCH3 is 1. The minimum Gasteiger partial charge on any atom is -0.497 e. The van der Waals surface area contributed by atoms with Crippen LogP contribution in [0, 0.1) is 10.1 Å². The smallest absolute Gasteiger partial charge is 0.280 e. The van der Waals surface area contributed by atoms with Gasteiger partial charge in [0.2, 0.25) is 0 Å². The molecule has 0 aliphatic carbocycles. The lowest BCUT2D eigenvalue weighted by atomic mass is 10.1. The number of halogens is 1. The molecular formula is C15H12BrNO3. The van der Waals surface area contributed by atoms with Crippen LogP contribution < -0.4 is 4.74 Å². The minimum atomic E-state index is -0.414. The van der Waals surface area contributed by atoms with E-state index in [1.54, 1.807) is 18.2 Å². The van der Waals surface area contributed by atoms with Crippen LogP contribution in [0.3, 0.4) is 0 Å². The zero-order valence-electron chi connectivity index (χ0n) is 10.7. The van der Waals surface area contributed by atoms with Crippen LogP contribution in [0.2, 0.25) is 0 Å². The molecule has 2 aromatic rings. The SMILES string of the molecule is COc1ccc(C=Cc2ccccc2Br)c([N+](=O)[O-])c1. The molecule has 0 amide bonds. The Kier molecular flexibility index (Phi) is 4.53. The fraction of sp³-hybridized carbons (Fsp3) is 0.0667. The molecule has 0 N–H and O–H groups in total. The van der Waals surface area contributed by atoms with Crippen LogP contribution in [0.1, 0.15) is 11.1 Å². The van der Waals surface area contributed by atoms with Crippen molar-refractivity contribution in [3.63, 3.8) is 0 Å². The number of nitrogens with zero attached hydrogens (tertiary/aromatic N) is 1. The lowest BCUT2D eigenvalue weighted by Gasteiger charge is -2.02. The highest BCUT2D eigenvalue weighted by Gasteiger charge is 2.12. The van der Waals surface area contributed by atoms with Gasteiger partial charge in [0.05, 0.1) is 23.7 Å². The molecule has 102 valence electrons. The first kappa shape index (κ1) is 14.3. The monoisotopic (exact) mass is 333 g/mol. The molecule has 20 heavy (non-hydrogen) atoms. The molecule has 0 radical (unpaired) electrons. The predicted molar refractivity (Wildman–Crippen MR) is 82.7 cm³/mol. The maximum Gasteiger partial charge on any atom is 0.280 e. The van der Waals surface area contributed by atoms with E-state index in [1.165, 1.54) is 13.2 Å². The summed E-state index contributed by atoms with van der Waals surface area (Å²) >= 11 is 3.43. The molecule has 2 rings (SSSR count). The van der Waals surface area contributed by atoms with E-state index in [2.05, 4.69) is 15.9 Å². The summed E-state index contributed by atoms with van der Waals surface area (Å²) < 4.78 is 5.94. The minimum absolute atomic E-state index is 0.0210. The van der Waals surface area contributed by atoms with Gasteiger partial charge in [-0.2, -0.15) is 0 Å². The summed E-state index contributed by atoms with van der Waals surface area (Å²) in [5.74, 6) is 0.467. The molecule has 0 saturated heterocycles. The van der Waals surface area contributed by atoms with Gasteiger partial charge in [0.15, 0.2) is 0 Å². The highest BCUT2D eigenvalue weighted by atomic mass is 79.9. The summed E-state index contributed by atoms with van der Waals surface area (Å²) in [6, 6.07) is 12.5. The van der Waals surface area contributed by atoms with Gasteiger partial charge in [0.25, 0.3) is 5.69 Å². The Labute approximate surface area is 125 Å². The molecule has 0 bridgehead atoms. The third kappa shape index (κ3) is 3.24. The van der Waals surface area contributed by atoms with Crippen molar-refractivity contribution in [1.82, 2.24) is 0 Å². The largest absolute Gasteiger partial charge is 0.497 e. The third-order valence-corrected chi connectivity index (χ3v) is 3.50. The first-order chi connectivity index (χ1) is 9.61. The molecule has 4 nitrogen and oxygen atoms in total. The molecule has 5 heteroatoms. The van der Waals surface area contributed by atoms with E-state index in [0.717, 1.165) is 10.0 Å². The summed E-state index contributed by atoms with van der Waals surface area (Å²) in [7, 11) is 1.48. The Balaban J connectivity index is 2.38. The Bertz CT molecular complexity index is 668. The molecule has 0 aliphatic rings. The predicted octanol–water partition coefficient (Wildman–Crippen LogP) is 4.54. The summed E-state index contributed by atoms with van der Waals surface area (Å²) in [5, 5.41) is 11.1. The van der Waals surface area contributed by atoms with Crippen LogP contribution in [-0.4, -0.2) is 12.0 Å². The van der Waals surface area contributed by atoms with Crippen molar-refractivity contribution < 1.29 is 9.66 Å². The van der Waals surface area contributed by atoms with Crippen molar-refractivity contribution in [2.45, 2.75) is 0 Å². The molecule has 0 saturated carbocycles. The molecule has 0 atom stereocenters. The molecule has 0 aromatic heterocycles. The first-order valence-corrected chi connectivity index (χ1v) is 6.66. The van der Waals surface area contributed by atoms with Gasteiger partial charge in [-0.3, -0.25) is 10.1 Å². The van der Waals surface area contributed by atoms with Gasteiger partial charge in [-0.25, -0.2) is 0 Å².